The lowest BCUT2D eigenvalue weighted by Crippen LogP contribution is -2.27. The first-order valence-electron chi connectivity index (χ1n) is 11.0. The van der Waals surface area contributed by atoms with Gasteiger partial charge in [0.25, 0.3) is 0 Å². The van der Waals surface area contributed by atoms with Gasteiger partial charge >= 0.3 is 5.97 Å². The van der Waals surface area contributed by atoms with Crippen molar-refractivity contribution in [1.29, 1.82) is 0 Å². The summed E-state index contributed by atoms with van der Waals surface area (Å²) in [7, 11) is -0.424. The Morgan fingerprint density at radius 3 is 1.79 bits per heavy atom. The highest BCUT2D eigenvalue weighted by Gasteiger charge is 2.33. The molecule has 0 saturated carbocycles. The molecule has 0 aliphatic carbocycles. The first-order chi connectivity index (χ1) is 15.5. The Hall–Kier alpha value is -2.92. The van der Waals surface area contributed by atoms with Crippen molar-refractivity contribution in [1.82, 2.24) is 0 Å². The molecule has 0 aromatic heterocycles. The Bertz CT molecular complexity index is 1010. The van der Waals surface area contributed by atoms with Crippen LogP contribution in [0.3, 0.4) is 0 Å². The van der Waals surface area contributed by atoms with Crippen LogP contribution in [0.1, 0.15) is 41.5 Å². The van der Waals surface area contributed by atoms with Crippen molar-refractivity contribution in [2.24, 2.45) is 0 Å². The van der Waals surface area contributed by atoms with E-state index in [1.54, 1.807) is 0 Å². The summed E-state index contributed by atoms with van der Waals surface area (Å²) in [6.07, 6.45) is 0. The second kappa shape index (κ2) is 10.3. The zero-order chi connectivity index (χ0) is 24.1. The van der Waals surface area contributed by atoms with Gasteiger partial charge in [0.2, 0.25) is 4.90 Å². The molecule has 3 aromatic carbocycles. The first kappa shape index (κ1) is 24.7. The van der Waals surface area contributed by atoms with Crippen LogP contribution in [-0.2, 0) is 20.4 Å². The summed E-state index contributed by atoms with van der Waals surface area (Å²) in [6, 6.07) is 26.5. The summed E-state index contributed by atoms with van der Waals surface area (Å²) in [6.45, 7) is 11.4. The third-order valence-electron chi connectivity index (χ3n) is 4.28. The maximum atomic E-state index is 12.4. The minimum absolute atomic E-state index is 0.177. The summed E-state index contributed by atoms with van der Waals surface area (Å²) in [5.41, 5.74) is -0.927. The van der Waals surface area contributed by atoms with Crippen LogP contribution in [0.2, 0.25) is 0 Å². The molecule has 5 heteroatoms. The highest BCUT2D eigenvalue weighted by molar-refractivity contribution is 7.97. The fourth-order valence-electron chi connectivity index (χ4n) is 3.20. The lowest BCUT2D eigenvalue weighted by molar-refractivity contribution is -0.157. The molecule has 3 rings (SSSR count). The Morgan fingerprint density at radius 2 is 1.30 bits per heavy atom. The van der Waals surface area contributed by atoms with Crippen LogP contribution in [0.4, 0.5) is 0 Å². The van der Waals surface area contributed by atoms with Gasteiger partial charge in [-0.05, 0) is 71.9 Å². The van der Waals surface area contributed by atoms with Crippen LogP contribution >= 0.6 is 0 Å². The number of carbonyl (C=O) groups is 1. The fourth-order valence-corrected chi connectivity index (χ4v) is 5.36. The summed E-state index contributed by atoms with van der Waals surface area (Å²) in [5.74, 6) is 0.892. The quantitative estimate of drug-likeness (QED) is 0.288. The molecule has 0 aliphatic heterocycles. The number of carbonyl (C=O) groups excluding carboxylic acids is 1. The van der Waals surface area contributed by atoms with E-state index in [4.69, 9.17) is 14.2 Å². The molecule has 0 bridgehead atoms. The molecular weight excluding hydrogens is 432 g/mol. The number of ether oxygens (including phenoxy) is 3. The molecule has 0 aliphatic rings. The largest absolute Gasteiger partial charge is 0.488 e. The molecule has 3 aromatic rings. The number of hydrogen-bond acceptors (Lipinski definition) is 4. The van der Waals surface area contributed by atoms with E-state index in [-0.39, 0.29) is 12.2 Å². The van der Waals surface area contributed by atoms with E-state index < -0.39 is 22.5 Å². The van der Waals surface area contributed by atoms with E-state index in [1.165, 1.54) is 0 Å². The molecule has 0 heterocycles. The molecule has 0 radical (unpaired) electrons. The molecule has 0 N–H and O–H groups in total. The molecule has 0 atom stereocenters. The maximum absolute atomic E-state index is 12.4. The molecule has 0 unspecified atom stereocenters. The highest BCUT2D eigenvalue weighted by Crippen LogP contribution is 2.39. The van der Waals surface area contributed by atoms with Crippen molar-refractivity contribution >= 4 is 16.9 Å². The van der Waals surface area contributed by atoms with Crippen LogP contribution in [-0.4, -0.2) is 23.8 Å². The Labute approximate surface area is 200 Å². The Morgan fingerprint density at radius 1 is 0.758 bits per heavy atom. The summed E-state index contributed by atoms with van der Waals surface area (Å²) >= 11 is 0. The van der Waals surface area contributed by atoms with Gasteiger partial charge < -0.3 is 14.2 Å². The van der Waals surface area contributed by atoms with Crippen LogP contribution in [0, 0.1) is 0 Å². The minimum Gasteiger partial charge on any atom is -0.488 e. The molecule has 0 fully saturated rings. The average molecular weight is 466 g/mol. The van der Waals surface area contributed by atoms with Crippen molar-refractivity contribution in [3.05, 3.63) is 78.9 Å². The first-order valence-corrected chi connectivity index (χ1v) is 12.3. The van der Waals surface area contributed by atoms with Crippen molar-refractivity contribution in [2.75, 3.05) is 6.61 Å². The van der Waals surface area contributed by atoms with Gasteiger partial charge in [-0.2, -0.15) is 0 Å². The topological polar surface area (TPSA) is 44.8 Å². The Kier molecular flexibility index (Phi) is 7.75. The van der Waals surface area contributed by atoms with Gasteiger partial charge in [-0.15, -0.1) is 0 Å². The van der Waals surface area contributed by atoms with Gasteiger partial charge in [-0.25, -0.2) is 4.79 Å². The van der Waals surface area contributed by atoms with Gasteiger partial charge in [0, 0.05) is 12.1 Å². The molecule has 33 heavy (non-hydrogen) atoms. The van der Waals surface area contributed by atoms with E-state index in [2.05, 4.69) is 24.3 Å². The monoisotopic (exact) mass is 465 g/mol. The summed E-state index contributed by atoms with van der Waals surface area (Å²) < 4.78 is 17.6. The summed E-state index contributed by atoms with van der Waals surface area (Å²) in [4.78, 5) is 15.7. The molecule has 174 valence electrons. The van der Waals surface area contributed by atoms with Gasteiger partial charge in [0.15, 0.2) is 22.1 Å². The predicted octanol–water partition coefficient (Wildman–Crippen LogP) is 6.68. The van der Waals surface area contributed by atoms with Crippen LogP contribution in [0.25, 0.3) is 0 Å². The molecule has 0 amide bonds. The summed E-state index contributed by atoms with van der Waals surface area (Å²) in [5, 5.41) is 0. The van der Waals surface area contributed by atoms with E-state index in [9.17, 15) is 4.79 Å². The van der Waals surface area contributed by atoms with Crippen LogP contribution in [0.15, 0.2) is 93.5 Å². The number of esters is 1. The third-order valence-corrected chi connectivity index (χ3v) is 6.55. The maximum Gasteiger partial charge on any atom is 0.344 e. The van der Waals surface area contributed by atoms with Crippen molar-refractivity contribution in [2.45, 2.75) is 67.4 Å². The minimum atomic E-state index is -0.571. The predicted molar refractivity (Wildman–Crippen MR) is 133 cm³/mol. The van der Waals surface area contributed by atoms with Gasteiger partial charge in [0.1, 0.15) is 27.8 Å². The second-order valence-corrected chi connectivity index (χ2v) is 11.6. The number of hydrogen-bond donors (Lipinski definition) is 0. The zero-order valence-electron chi connectivity index (χ0n) is 20.3. The van der Waals surface area contributed by atoms with Gasteiger partial charge in [0.05, 0.1) is 0 Å². The van der Waals surface area contributed by atoms with E-state index >= 15 is 0 Å². The lowest BCUT2D eigenvalue weighted by Gasteiger charge is -2.22. The van der Waals surface area contributed by atoms with Gasteiger partial charge in [-0.3, -0.25) is 0 Å². The fraction of sp³-hybridized carbons (Fsp3) is 0.321. The molecular formula is C28H33O4S+. The molecule has 4 nitrogen and oxygen atoms in total. The normalized spacial score (nSPS) is 11.8. The second-order valence-electron chi connectivity index (χ2n) is 9.63. The number of benzene rings is 3. The average Bonchev–Trinajstić information content (AvgIpc) is 2.73. The van der Waals surface area contributed by atoms with E-state index in [0.717, 1.165) is 14.7 Å². The standard InChI is InChI=1S/C28H33O4S/c1-27(2,3)31-21-17-18-25(24(19-21)30-20-26(29)32-28(4,5)6)33(22-13-9-7-10-14-22)23-15-11-8-12-16-23/h7-19H,20H2,1-6H3/q+1. The smallest absolute Gasteiger partial charge is 0.344 e. The van der Waals surface area contributed by atoms with E-state index in [1.807, 2.05) is 96.1 Å². The van der Waals surface area contributed by atoms with Crippen molar-refractivity contribution < 1.29 is 19.0 Å². The SMILES string of the molecule is CC(C)(C)OC(=O)COc1cc(OC(C)(C)C)ccc1[S+](c1ccccc1)c1ccccc1. The Balaban J connectivity index is 2.04. The highest BCUT2D eigenvalue weighted by atomic mass is 32.2. The van der Waals surface area contributed by atoms with Crippen LogP contribution < -0.4 is 9.47 Å². The molecule has 0 saturated heterocycles. The number of rotatable bonds is 7. The van der Waals surface area contributed by atoms with Crippen molar-refractivity contribution in [3.63, 3.8) is 0 Å². The van der Waals surface area contributed by atoms with Gasteiger partial charge in [-0.1, -0.05) is 36.4 Å². The molecule has 0 spiro atoms. The third kappa shape index (κ3) is 7.57. The zero-order valence-corrected chi connectivity index (χ0v) is 21.1. The van der Waals surface area contributed by atoms with Crippen LogP contribution in [0.5, 0.6) is 11.5 Å². The lowest BCUT2D eigenvalue weighted by atomic mass is 10.2. The van der Waals surface area contributed by atoms with Crippen molar-refractivity contribution in [3.8, 4) is 11.5 Å². The van der Waals surface area contributed by atoms with E-state index in [0.29, 0.717) is 11.5 Å².